The number of amides is 2. The van der Waals surface area contributed by atoms with Gasteiger partial charge in [0.15, 0.2) is 5.60 Å². The van der Waals surface area contributed by atoms with Crippen LogP contribution < -0.4 is 20.5 Å². The lowest BCUT2D eigenvalue weighted by Gasteiger charge is -2.36. The summed E-state index contributed by atoms with van der Waals surface area (Å²) in [5, 5.41) is 25.3. The highest BCUT2D eigenvalue weighted by Crippen LogP contribution is 2.58. The first-order valence-electron chi connectivity index (χ1n) is 11.6. The average Bonchev–Trinajstić information content (AvgIpc) is 3.17. The Bertz CT molecular complexity index is 1840. The van der Waals surface area contributed by atoms with Crippen molar-refractivity contribution in [2.45, 2.75) is 10.5 Å². The van der Waals surface area contributed by atoms with E-state index in [0.717, 1.165) is 17.0 Å². The number of esters is 1. The SMILES string of the molecule is NC(=O)N(c1ccc(S(N)(=O)=O)cc1F)c1cccc2c1C(=O)OC21c2ccc(O)cc2Oc2cc(O)ccc21. The van der Waals surface area contributed by atoms with E-state index >= 15 is 4.39 Å². The molecular weight excluding hydrogens is 545 g/mol. The summed E-state index contributed by atoms with van der Waals surface area (Å²) in [4.78, 5) is 26.5. The predicted molar refractivity (Wildman–Crippen MR) is 138 cm³/mol. The maximum absolute atomic E-state index is 15.2. The Kier molecular flexibility index (Phi) is 5.30. The van der Waals surface area contributed by atoms with E-state index in [1.54, 1.807) is 6.07 Å². The molecule has 1 spiro atoms. The molecule has 6 N–H and O–H groups in total. The molecular formula is C27H18FN3O8S. The average molecular weight is 564 g/mol. The molecule has 4 aromatic rings. The zero-order valence-electron chi connectivity index (χ0n) is 20.2. The van der Waals surface area contributed by atoms with Crippen LogP contribution in [0.2, 0.25) is 0 Å². The number of carbonyl (C=O) groups excluding carboxylic acids is 2. The lowest BCUT2D eigenvalue weighted by Crippen LogP contribution is -2.34. The summed E-state index contributed by atoms with van der Waals surface area (Å²) in [5.41, 5.74) is 4.20. The van der Waals surface area contributed by atoms with Gasteiger partial charge in [0, 0.05) is 28.8 Å². The third kappa shape index (κ3) is 3.56. The number of nitrogens with two attached hydrogens (primary N) is 2. The van der Waals surface area contributed by atoms with E-state index < -0.39 is 44.0 Å². The van der Waals surface area contributed by atoms with Crippen molar-refractivity contribution in [3.63, 3.8) is 0 Å². The first-order valence-corrected chi connectivity index (χ1v) is 13.1. The van der Waals surface area contributed by atoms with Gasteiger partial charge in [-0.05, 0) is 48.5 Å². The molecule has 0 aromatic heterocycles. The zero-order valence-corrected chi connectivity index (χ0v) is 21.0. The van der Waals surface area contributed by atoms with Crippen molar-refractivity contribution in [3.8, 4) is 23.0 Å². The number of halogens is 1. The van der Waals surface area contributed by atoms with Crippen LogP contribution in [0.5, 0.6) is 23.0 Å². The number of phenols is 2. The molecule has 4 aromatic carbocycles. The van der Waals surface area contributed by atoms with E-state index in [-0.39, 0.29) is 39.8 Å². The number of sulfonamides is 1. The van der Waals surface area contributed by atoms with Crippen molar-refractivity contribution in [3.05, 3.63) is 101 Å². The summed E-state index contributed by atoms with van der Waals surface area (Å²) in [6.07, 6.45) is 0. The van der Waals surface area contributed by atoms with Crippen LogP contribution in [0.4, 0.5) is 20.6 Å². The first-order chi connectivity index (χ1) is 18.9. The Morgan fingerprint density at radius 2 is 1.50 bits per heavy atom. The van der Waals surface area contributed by atoms with Crippen LogP contribution in [0.3, 0.4) is 0 Å². The first kappa shape index (κ1) is 25.2. The Morgan fingerprint density at radius 1 is 0.875 bits per heavy atom. The summed E-state index contributed by atoms with van der Waals surface area (Å²) in [7, 11) is -4.25. The summed E-state index contributed by atoms with van der Waals surface area (Å²) in [6, 6.07) is 14.3. The van der Waals surface area contributed by atoms with Gasteiger partial charge in [-0.3, -0.25) is 4.90 Å². The molecule has 2 aliphatic heterocycles. The number of hydrogen-bond donors (Lipinski definition) is 4. The molecule has 2 heterocycles. The minimum absolute atomic E-state index is 0.129. The van der Waals surface area contributed by atoms with Crippen molar-refractivity contribution in [1.82, 2.24) is 0 Å². The fourth-order valence-corrected chi connectivity index (χ4v) is 5.65. The van der Waals surface area contributed by atoms with E-state index in [0.29, 0.717) is 17.2 Å². The van der Waals surface area contributed by atoms with Crippen LogP contribution in [0.25, 0.3) is 0 Å². The smallest absolute Gasteiger partial charge is 0.342 e. The predicted octanol–water partition coefficient (Wildman–Crippen LogP) is 3.67. The van der Waals surface area contributed by atoms with Gasteiger partial charge in [0.1, 0.15) is 28.8 Å². The maximum atomic E-state index is 15.2. The van der Waals surface area contributed by atoms with Gasteiger partial charge in [0.25, 0.3) is 0 Å². The van der Waals surface area contributed by atoms with Gasteiger partial charge in [0.05, 0.1) is 21.8 Å². The number of urea groups is 1. The molecule has 0 radical (unpaired) electrons. The molecule has 40 heavy (non-hydrogen) atoms. The highest BCUT2D eigenvalue weighted by Gasteiger charge is 2.55. The summed E-state index contributed by atoms with van der Waals surface area (Å²) < 4.78 is 50.5. The van der Waals surface area contributed by atoms with Crippen molar-refractivity contribution < 1.29 is 42.1 Å². The quantitative estimate of drug-likeness (QED) is 0.272. The van der Waals surface area contributed by atoms with Gasteiger partial charge in [-0.1, -0.05) is 12.1 Å². The van der Waals surface area contributed by atoms with Crippen molar-refractivity contribution in [1.29, 1.82) is 0 Å². The molecule has 0 saturated carbocycles. The van der Waals surface area contributed by atoms with E-state index in [1.807, 2.05) is 0 Å². The van der Waals surface area contributed by atoms with Crippen molar-refractivity contribution in [2.24, 2.45) is 10.9 Å². The van der Waals surface area contributed by atoms with E-state index in [1.165, 1.54) is 48.5 Å². The number of anilines is 2. The van der Waals surface area contributed by atoms with Gasteiger partial charge < -0.3 is 25.4 Å². The van der Waals surface area contributed by atoms with Gasteiger partial charge in [-0.15, -0.1) is 0 Å². The molecule has 0 atom stereocenters. The summed E-state index contributed by atoms with van der Waals surface area (Å²) in [5.74, 6) is -2.01. The Balaban J connectivity index is 1.62. The number of aromatic hydroxyl groups is 2. The number of nitrogens with zero attached hydrogens (tertiary/aromatic N) is 1. The lowest BCUT2D eigenvalue weighted by atomic mass is 9.77. The Labute approximate surface area is 225 Å². The minimum Gasteiger partial charge on any atom is -0.508 e. The fourth-order valence-electron chi connectivity index (χ4n) is 5.13. The molecule has 0 unspecified atom stereocenters. The van der Waals surface area contributed by atoms with E-state index in [4.69, 9.17) is 20.3 Å². The molecule has 2 amide bonds. The van der Waals surface area contributed by atoms with Crippen molar-refractivity contribution in [2.75, 3.05) is 4.90 Å². The second kappa shape index (κ2) is 8.43. The third-order valence-corrected chi connectivity index (χ3v) is 7.64. The number of rotatable bonds is 3. The standard InChI is InChI=1S/C27H18FN3O8S/c28-19-12-15(40(30,36)37)6-9-20(19)31(26(29)35)21-3-1-2-18-24(21)25(34)39-27(18)16-7-4-13(32)10-22(16)38-23-11-14(33)5-8-17(23)27/h1-12,32-33H,(H2,29,35)(H2,30,36,37). The van der Waals surface area contributed by atoms with Gasteiger partial charge in [-0.2, -0.15) is 0 Å². The normalized spacial score (nSPS) is 14.5. The highest BCUT2D eigenvalue weighted by atomic mass is 32.2. The molecule has 13 heteroatoms. The maximum Gasteiger partial charge on any atom is 0.342 e. The number of benzene rings is 4. The van der Waals surface area contributed by atoms with Crippen molar-refractivity contribution >= 4 is 33.4 Å². The number of primary amides is 1. The highest BCUT2D eigenvalue weighted by molar-refractivity contribution is 7.89. The zero-order chi connectivity index (χ0) is 28.6. The summed E-state index contributed by atoms with van der Waals surface area (Å²) >= 11 is 0. The number of fused-ring (bicyclic) bond motifs is 6. The molecule has 0 bridgehead atoms. The molecule has 202 valence electrons. The van der Waals surface area contributed by atoms with Crippen LogP contribution >= 0.6 is 0 Å². The third-order valence-electron chi connectivity index (χ3n) is 6.73. The van der Waals surface area contributed by atoms with E-state index in [2.05, 4.69) is 0 Å². The Hall–Kier alpha value is -5.14. The van der Waals surface area contributed by atoms with Gasteiger partial charge in [0.2, 0.25) is 10.0 Å². The summed E-state index contributed by atoms with van der Waals surface area (Å²) in [6.45, 7) is 0. The van der Waals surface area contributed by atoms with Crippen LogP contribution in [0, 0.1) is 5.82 Å². The molecule has 11 nitrogen and oxygen atoms in total. The number of carbonyl (C=O) groups is 2. The van der Waals surface area contributed by atoms with Crippen LogP contribution in [-0.4, -0.2) is 30.6 Å². The topological polar surface area (TPSA) is 182 Å². The van der Waals surface area contributed by atoms with Crippen LogP contribution in [0.15, 0.2) is 77.7 Å². The minimum atomic E-state index is -4.25. The molecule has 0 saturated heterocycles. The fraction of sp³-hybridized carbons (Fsp3) is 0.0370. The number of phenolic OH excluding ortho intramolecular Hbond substituents is 2. The molecule has 6 rings (SSSR count). The van der Waals surface area contributed by atoms with Gasteiger partial charge in [-0.25, -0.2) is 27.5 Å². The van der Waals surface area contributed by atoms with E-state index in [9.17, 15) is 28.2 Å². The monoisotopic (exact) mass is 563 g/mol. The Morgan fingerprint density at radius 3 is 2.05 bits per heavy atom. The largest absolute Gasteiger partial charge is 0.508 e. The number of primary sulfonamides is 1. The number of hydrogen-bond acceptors (Lipinski definition) is 8. The molecule has 0 aliphatic carbocycles. The number of ether oxygens (including phenoxy) is 2. The van der Waals surface area contributed by atoms with Gasteiger partial charge >= 0.3 is 12.0 Å². The van der Waals surface area contributed by atoms with Crippen LogP contribution in [0.1, 0.15) is 27.0 Å². The molecule has 2 aliphatic rings. The lowest BCUT2D eigenvalue weighted by molar-refractivity contribution is 0.0224. The molecule has 0 fully saturated rings. The van der Waals surface area contributed by atoms with Crippen LogP contribution in [-0.2, 0) is 20.4 Å². The second-order valence-corrected chi connectivity index (χ2v) is 10.6. The second-order valence-electron chi connectivity index (χ2n) is 9.07.